The number of imide groups is 1. The molecule has 1 aromatic carbocycles. The summed E-state index contributed by atoms with van der Waals surface area (Å²) in [6, 6.07) is 5.74. The zero-order valence-corrected chi connectivity index (χ0v) is 15.1. The summed E-state index contributed by atoms with van der Waals surface area (Å²) in [6.07, 6.45) is 4.53. The molecule has 1 aliphatic rings. The molecule has 1 aliphatic heterocycles. The molecule has 0 saturated carbocycles. The van der Waals surface area contributed by atoms with Gasteiger partial charge in [0.15, 0.2) is 0 Å². The smallest absolute Gasteiger partial charge is 0.340 e. The standard InChI is InChI=1S/C19H11FN2O5S/c1-26-18(24)12-3-2-9(5-14(12)20)13-8-21-7-10-4-11(27-16(10)13)6-15-17(23)22-19(25)28-15/h2-8H,1H3,(H,22,23,25). The van der Waals surface area contributed by atoms with E-state index in [1.165, 1.54) is 31.5 Å². The van der Waals surface area contributed by atoms with Crippen LogP contribution in [0.4, 0.5) is 9.18 Å². The lowest BCUT2D eigenvalue weighted by molar-refractivity contribution is -0.115. The summed E-state index contributed by atoms with van der Waals surface area (Å²) in [6.45, 7) is 0. The number of rotatable bonds is 3. The molecule has 0 bridgehead atoms. The van der Waals surface area contributed by atoms with Crippen LogP contribution < -0.4 is 5.32 Å². The number of benzene rings is 1. The number of amides is 2. The first-order chi connectivity index (χ1) is 13.5. The highest BCUT2D eigenvalue weighted by Crippen LogP contribution is 2.33. The number of carbonyl (C=O) groups excluding carboxylic acids is 3. The number of nitrogens with zero attached hydrogens (tertiary/aromatic N) is 1. The van der Waals surface area contributed by atoms with E-state index in [4.69, 9.17) is 4.42 Å². The average molecular weight is 398 g/mol. The second kappa shape index (κ2) is 6.93. The molecule has 2 aromatic heterocycles. The van der Waals surface area contributed by atoms with Gasteiger partial charge in [-0.05, 0) is 35.5 Å². The number of esters is 1. The lowest BCUT2D eigenvalue weighted by Gasteiger charge is -2.05. The van der Waals surface area contributed by atoms with Crippen LogP contribution in [0.1, 0.15) is 16.1 Å². The zero-order chi connectivity index (χ0) is 19.8. The highest BCUT2D eigenvalue weighted by Gasteiger charge is 2.25. The highest BCUT2D eigenvalue weighted by atomic mass is 32.2. The van der Waals surface area contributed by atoms with Crippen molar-refractivity contribution in [1.82, 2.24) is 10.3 Å². The van der Waals surface area contributed by atoms with Gasteiger partial charge < -0.3 is 9.15 Å². The summed E-state index contributed by atoms with van der Waals surface area (Å²) < 4.78 is 24.6. The van der Waals surface area contributed by atoms with Crippen molar-refractivity contribution >= 4 is 45.9 Å². The summed E-state index contributed by atoms with van der Waals surface area (Å²) in [5, 5.41) is 2.35. The molecule has 28 heavy (non-hydrogen) atoms. The molecule has 0 atom stereocenters. The van der Waals surface area contributed by atoms with Crippen LogP contribution in [0.3, 0.4) is 0 Å². The van der Waals surface area contributed by atoms with Crippen LogP contribution in [0.25, 0.3) is 28.2 Å². The van der Waals surface area contributed by atoms with Crippen LogP contribution in [-0.4, -0.2) is 29.2 Å². The summed E-state index contributed by atoms with van der Waals surface area (Å²) in [4.78, 5) is 38.9. The molecule has 3 heterocycles. The van der Waals surface area contributed by atoms with Gasteiger partial charge in [-0.3, -0.25) is 19.9 Å². The van der Waals surface area contributed by atoms with Gasteiger partial charge in [-0.1, -0.05) is 6.07 Å². The lowest BCUT2D eigenvalue weighted by Crippen LogP contribution is -2.17. The van der Waals surface area contributed by atoms with Gasteiger partial charge in [0.05, 0.1) is 17.6 Å². The molecule has 7 nitrogen and oxygen atoms in total. The van der Waals surface area contributed by atoms with Gasteiger partial charge in [-0.2, -0.15) is 0 Å². The monoisotopic (exact) mass is 398 g/mol. The van der Waals surface area contributed by atoms with E-state index >= 15 is 0 Å². The van der Waals surface area contributed by atoms with Gasteiger partial charge in [0.25, 0.3) is 11.1 Å². The number of hydrogen-bond acceptors (Lipinski definition) is 7. The minimum atomic E-state index is -0.769. The van der Waals surface area contributed by atoms with E-state index in [2.05, 4.69) is 15.0 Å². The van der Waals surface area contributed by atoms with E-state index in [0.29, 0.717) is 27.9 Å². The molecule has 0 spiro atoms. The molecular weight excluding hydrogens is 387 g/mol. The van der Waals surface area contributed by atoms with Crippen molar-refractivity contribution in [3.8, 4) is 11.1 Å². The van der Waals surface area contributed by atoms with Gasteiger partial charge in [0.1, 0.15) is 17.2 Å². The fourth-order valence-corrected chi connectivity index (χ4v) is 3.43. The summed E-state index contributed by atoms with van der Waals surface area (Å²) in [5.41, 5.74) is 1.23. The van der Waals surface area contributed by atoms with Crippen LogP contribution in [0, 0.1) is 5.82 Å². The molecular formula is C19H11FN2O5S. The minimum absolute atomic E-state index is 0.176. The first kappa shape index (κ1) is 17.9. The Morgan fingerprint density at radius 2 is 2.11 bits per heavy atom. The molecule has 0 aliphatic carbocycles. The molecule has 2 amide bonds. The molecule has 1 saturated heterocycles. The fraction of sp³-hybridized carbons (Fsp3) is 0.0526. The van der Waals surface area contributed by atoms with E-state index in [9.17, 15) is 18.8 Å². The molecule has 4 rings (SSSR count). The number of carbonyl (C=O) groups is 3. The first-order valence-electron chi connectivity index (χ1n) is 7.97. The molecule has 9 heteroatoms. The Morgan fingerprint density at radius 1 is 1.29 bits per heavy atom. The molecule has 140 valence electrons. The van der Waals surface area contributed by atoms with Crippen molar-refractivity contribution in [3.05, 3.63) is 58.7 Å². The molecule has 3 aromatic rings. The van der Waals surface area contributed by atoms with Crippen molar-refractivity contribution in [1.29, 1.82) is 0 Å². The minimum Gasteiger partial charge on any atom is -0.465 e. The number of nitrogens with one attached hydrogen (secondary N) is 1. The number of ether oxygens (including phenoxy) is 1. The number of aromatic nitrogens is 1. The van der Waals surface area contributed by atoms with Crippen molar-refractivity contribution in [2.24, 2.45) is 0 Å². The van der Waals surface area contributed by atoms with E-state index in [0.717, 1.165) is 11.8 Å². The van der Waals surface area contributed by atoms with Crippen LogP contribution in [-0.2, 0) is 9.53 Å². The summed E-state index contributed by atoms with van der Waals surface area (Å²) in [7, 11) is 1.18. The van der Waals surface area contributed by atoms with Crippen molar-refractivity contribution < 1.29 is 27.9 Å². The normalized spacial score (nSPS) is 15.3. The van der Waals surface area contributed by atoms with Crippen LogP contribution in [0.15, 0.2) is 46.0 Å². The number of pyridine rings is 1. The Morgan fingerprint density at radius 3 is 2.79 bits per heavy atom. The number of methoxy groups -OCH3 is 1. The first-order valence-corrected chi connectivity index (χ1v) is 8.78. The van der Waals surface area contributed by atoms with Gasteiger partial charge in [-0.15, -0.1) is 0 Å². The molecule has 1 fully saturated rings. The SMILES string of the molecule is COC(=O)c1ccc(-c2cncc3cc(C=C4SC(=O)NC4=O)oc23)cc1F. The summed E-state index contributed by atoms with van der Waals surface area (Å²) in [5.74, 6) is -1.64. The molecule has 1 N–H and O–H groups in total. The summed E-state index contributed by atoms with van der Waals surface area (Å²) >= 11 is 0.780. The van der Waals surface area contributed by atoms with Gasteiger partial charge >= 0.3 is 5.97 Å². The van der Waals surface area contributed by atoms with E-state index in [1.54, 1.807) is 18.3 Å². The topological polar surface area (TPSA) is 98.5 Å². The Kier molecular flexibility index (Phi) is 4.44. The maximum absolute atomic E-state index is 14.3. The van der Waals surface area contributed by atoms with Crippen LogP contribution in [0.5, 0.6) is 0 Å². The number of hydrogen-bond donors (Lipinski definition) is 1. The predicted octanol–water partition coefficient (Wildman–Crippen LogP) is 3.74. The third kappa shape index (κ3) is 3.16. The van der Waals surface area contributed by atoms with Gasteiger partial charge in [0, 0.05) is 29.4 Å². The molecule has 0 unspecified atom stereocenters. The quantitative estimate of drug-likeness (QED) is 0.530. The largest absolute Gasteiger partial charge is 0.465 e. The molecule has 0 radical (unpaired) electrons. The second-order valence-electron chi connectivity index (χ2n) is 5.79. The van der Waals surface area contributed by atoms with Crippen molar-refractivity contribution in [2.45, 2.75) is 0 Å². The zero-order valence-electron chi connectivity index (χ0n) is 14.3. The van der Waals surface area contributed by atoms with Gasteiger partial charge in [0.2, 0.25) is 0 Å². The maximum atomic E-state index is 14.3. The fourth-order valence-electron chi connectivity index (χ4n) is 2.77. The Bertz CT molecular complexity index is 1180. The van der Waals surface area contributed by atoms with Crippen LogP contribution in [0.2, 0.25) is 0 Å². The second-order valence-corrected chi connectivity index (χ2v) is 6.81. The number of halogens is 1. The van der Waals surface area contributed by atoms with Gasteiger partial charge in [-0.25, -0.2) is 9.18 Å². The third-order valence-electron chi connectivity index (χ3n) is 4.04. The third-order valence-corrected chi connectivity index (χ3v) is 4.85. The van der Waals surface area contributed by atoms with Crippen LogP contribution >= 0.6 is 11.8 Å². The Balaban J connectivity index is 1.77. The van der Waals surface area contributed by atoms with Crippen molar-refractivity contribution in [2.75, 3.05) is 7.11 Å². The number of fused-ring (bicyclic) bond motifs is 1. The number of thioether (sulfide) groups is 1. The predicted molar refractivity (Wildman–Crippen MR) is 99.8 cm³/mol. The highest BCUT2D eigenvalue weighted by molar-refractivity contribution is 8.18. The van der Waals surface area contributed by atoms with E-state index in [-0.39, 0.29) is 10.5 Å². The van der Waals surface area contributed by atoms with E-state index < -0.39 is 22.9 Å². The van der Waals surface area contributed by atoms with E-state index in [1.807, 2.05) is 0 Å². The lowest BCUT2D eigenvalue weighted by atomic mass is 10.0. The Labute approximate surface area is 161 Å². The number of furan rings is 1. The maximum Gasteiger partial charge on any atom is 0.340 e. The Hall–Kier alpha value is -3.46. The van der Waals surface area contributed by atoms with Crippen molar-refractivity contribution in [3.63, 3.8) is 0 Å². The average Bonchev–Trinajstić information content (AvgIpc) is 3.22.